The fourth-order valence-corrected chi connectivity index (χ4v) is 3.48. The lowest BCUT2D eigenvalue weighted by molar-refractivity contribution is -0.113. The molecule has 0 radical (unpaired) electrons. The van der Waals surface area contributed by atoms with Crippen molar-refractivity contribution in [3.05, 3.63) is 53.7 Å². The lowest BCUT2D eigenvalue weighted by atomic mass is 10.1. The molecule has 1 aliphatic heterocycles. The van der Waals surface area contributed by atoms with E-state index in [1.807, 2.05) is 0 Å². The highest BCUT2D eigenvalue weighted by molar-refractivity contribution is 7.99. The van der Waals surface area contributed by atoms with Gasteiger partial charge in [0.15, 0.2) is 11.5 Å². The van der Waals surface area contributed by atoms with Crippen LogP contribution in [-0.2, 0) is 10.5 Å². The summed E-state index contributed by atoms with van der Waals surface area (Å²) in [4.78, 5) is 16.5. The van der Waals surface area contributed by atoms with Gasteiger partial charge in [0.25, 0.3) is 0 Å². The molecule has 1 amide bonds. The molecule has 0 saturated carbocycles. The van der Waals surface area contributed by atoms with Crippen molar-refractivity contribution in [2.45, 2.75) is 19.1 Å². The van der Waals surface area contributed by atoms with Gasteiger partial charge in [-0.15, -0.1) is 11.8 Å². The Morgan fingerprint density at radius 1 is 1.17 bits per heavy atom. The third kappa shape index (κ3) is 4.91. The topological polar surface area (TPSA) is 86.5 Å². The van der Waals surface area contributed by atoms with Gasteiger partial charge in [-0.25, -0.2) is 4.39 Å². The molecule has 2 heterocycles. The average Bonchev–Trinajstić information content (AvgIpc) is 3.07. The Labute approximate surface area is 177 Å². The molecule has 4 rings (SSSR count). The molecule has 1 aliphatic rings. The van der Waals surface area contributed by atoms with E-state index in [0.29, 0.717) is 59.0 Å². The molecule has 7 nitrogen and oxygen atoms in total. The van der Waals surface area contributed by atoms with Gasteiger partial charge in [0.2, 0.25) is 17.6 Å². The summed E-state index contributed by atoms with van der Waals surface area (Å²) in [5.74, 6) is 2.11. The zero-order valence-electron chi connectivity index (χ0n) is 16.3. The molecule has 9 heteroatoms. The van der Waals surface area contributed by atoms with Crippen LogP contribution in [0.3, 0.4) is 0 Å². The lowest BCUT2D eigenvalue weighted by Gasteiger charge is -2.10. The number of nitrogens with one attached hydrogen (secondary N) is 1. The first kappa shape index (κ1) is 20.2. The monoisotopic (exact) mass is 429 g/mol. The van der Waals surface area contributed by atoms with Crippen LogP contribution in [0.5, 0.6) is 11.5 Å². The molecular weight excluding hydrogens is 409 g/mol. The molecular formula is C21H20FN3O4S. The first-order chi connectivity index (χ1) is 14.6. The Kier molecular flexibility index (Phi) is 6.18. The highest BCUT2D eigenvalue weighted by Gasteiger charge is 2.13. The number of nitrogens with zero attached hydrogens (tertiary/aromatic N) is 2. The molecule has 0 unspecified atom stereocenters. The molecule has 0 bridgehead atoms. The fraction of sp³-hybridized carbons (Fsp3) is 0.286. The van der Waals surface area contributed by atoms with E-state index in [4.69, 9.17) is 14.0 Å². The number of hydrogen-bond acceptors (Lipinski definition) is 7. The Morgan fingerprint density at radius 2 is 2.00 bits per heavy atom. The lowest BCUT2D eigenvalue weighted by Crippen LogP contribution is -2.14. The fourth-order valence-electron chi connectivity index (χ4n) is 2.83. The zero-order valence-corrected chi connectivity index (χ0v) is 17.1. The van der Waals surface area contributed by atoms with E-state index in [-0.39, 0.29) is 17.5 Å². The van der Waals surface area contributed by atoms with Crippen molar-refractivity contribution in [1.82, 2.24) is 10.1 Å². The van der Waals surface area contributed by atoms with Crippen molar-refractivity contribution >= 4 is 23.4 Å². The van der Waals surface area contributed by atoms with Crippen molar-refractivity contribution in [2.75, 3.05) is 24.3 Å². The predicted octanol–water partition coefficient (Wildman–Crippen LogP) is 4.22. The smallest absolute Gasteiger partial charge is 0.236 e. The summed E-state index contributed by atoms with van der Waals surface area (Å²) in [5.41, 5.74) is 1.74. The minimum atomic E-state index is -0.320. The van der Waals surface area contributed by atoms with Crippen LogP contribution >= 0.6 is 11.8 Å². The Hall–Kier alpha value is -3.07. The second kappa shape index (κ2) is 9.17. The quantitative estimate of drug-likeness (QED) is 0.628. The minimum absolute atomic E-state index is 0.158. The largest absolute Gasteiger partial charge is 0.490 e. The van der Waals surface area contributed by atoms with Gasteiger partial charge in [-0.2, -0.15) is 4.98 Å². The van der Waals surface area contributed by atoms with Crippen LogP contribution in [0.15, 0.2) is 40.9 Å². The van der Waals surface area contributed by atoms with E-state index in [0.717, 1.165) is 6.42 Å². The number of benzene rings is 2. The number of halogens is 1. The van der Waals surface area contributed by atoms with Gasteiger partial charge in [-0.05, 0) is 30.7 Å². The van der Waals surface area contributed by atoms with Gasteiger partial charge >= 0.3 is 0 Å². The summed E-state index contributed by atoms with van der Waals surface area (Å²) in [6.07, 6.45) is 0.823. The van der Waals surface area contributed by atoms with Gasteiger partial charge in [-0.1, -0.05) is 17.3 Å². The molecule has 30 heavy (non-hydrogen) atoms. The second-order valence-corrected chi connectivity index (χ2v) is 7.71. The number of aromatic nitrogens is 2. The number of carbonyl (C=O) groups is 1. The summed E-state index contributed by atoms with van der Waals surface area (Å²) < 4.78 is 30.1. The van der Waals surface area contributed by atoms with Crippen LogP contribution in [0, 0.1) is 12.7 Å². The number of hydrogen-bond donors (Lipinski definition) is 1. The maximum absolute atomic E-state index is 13.7. The Morgan fingerprint density at radius 3 is 2.83 bits per heavy atom. The number of aryl methyl sites for hydroxylation is 1. The molecule has 1 aromatic heterocycles. The van der Waals surface area contributed by atoms with Gasteiger partial charge in [-0.3, -0.25) is 4.79 Å². The zero-order chi connectivity index (χ0) is 20.9. The number of amides is 1. The van der Waals surface area contributed by atoms with Crippen molar-refractivity contribution in [3.8, 4) is 22.9 Å². The SMILES string of the molecule is Cc1ccc(-c2noc(CSCC(=O)Nc3ccc4c(c3)OCCCO4)n2)cc1F. The normalized spacial score (nSPS) is 13.0. The molecule has 0 fully saturated rings. The third-order valence-electron chi connectivity index (χ3n) is 4.39. The predicted molar refractivity (Wildman–Crippen MR) is 111 cm³/mol. The van der Waals surface area contributed by atoms with E-state index in [1.165, 1.54) is 17.8 Å². The molecule has 2 aromatic carbocycles. The molecule has 0 aliphatic carbocycles. The minimum Gasteiger partial charge on any atom is -0.490 e. The molecule has 0 spiro atoms. The molecule has 3 aromatic rings. The summed E-state index contributed by atoms with van der Waals surface area (Å²) in [6, 6.07) is 10.1. The standard InChI is InChI=1S/C21H20FN3O4S/c1-13-3-4-14(9-16(13)22)21-24-20(29-25-21)12-30-11-19(26)23-15-5-6-17-18(10-15)28-8-2-7-27-17/h3-6,9-10H,2,7-8,11-12H2,1H3,(H,23,26). The summed E-state index contributed by atoms with van der Waals surface area (Å²) >= 11 is 1.34. The van der Waals surface area contributed by atoms with Gasteiger partial charge < -0.3 is 19.3 Å². The Bertz CT molecular complexity index is 1060. The number of thioether (sulfide) groups is 1. The molecule has 0 saturated heterocycles. The summed E-state index contributed by atoms with van der Waals surface area (Å²) in [7, 11) is 0. The van der Waals surface area contributed by atoms with Crippen LogP contribution in [0.4, 0.5) is 10.1 Å². The van der Waals surface area contributed by atoms with Crippen LogP contribution < -0.4 is 14.8 Å². The van der Waals surface area contributed by atoms with E-state index in [9.17, 15) is 9.18 Å². The van der Waals surface area contributed by atoms with Crippen LogP contribution in [0.2, 0.25) is 0 Å². The van der Waals surface area contributed by atoms with Crippen molar-refractivity contribution in [3.63, 3.8) is 0 Å². The number of ether oxygens (including phenoxy) is 2. The van der Waals surface area contributed by atoms with Gasteiger partial charge in [0, 0.05) is 23.7 Å². The van der Waals surface area contributed by atoms with Crippen molar-refractivity contribution in [2.24, 2.45) is 0 Å². The van der Waals surface area contributed by atoms with E-state index < -0.39 is 0 Å². The second-order valence-electron chi connectivity index (χ2n) is 6.73. The third-order valence-corrected chi connectivity index (χ3v) is 5.31. The van der Waals surface area contributed by atoms with E-state index >= 15 is 0 Å². The first-order valence-electron chi connectivity index (χ1n) is 9.45. The Balaban J connectivity index is 1.28. The van der Waals surface area contributed by atoms with Crippen LogP contribution in [0.1, 0.15) is 17.9 Å². The maximum Gasteiger partial charge on any atom is 0.236 e. The summed E-state index contributed by atoms with van der Waals surface area (Å²) in [6.45, 7) is 2.89. The van der Waals surface area contributed by atoms with Gasteiger partial charge in [0.05, 0.1) is 24.7 Å². The highest BCUT2D eigenvalue weighted by Crippen LogP contribution is 2.32. The van der Waals surface area contributed by atoms with E-state index in [1.54, 1.807) is 37.3 Å². The molecule has 0 atom stereocenters. The van der Waals surface area contributed by atoms with Gasteiger partial charge in [0.1, 0.15) is 5.82 Å². The number of anilines is 1. The number of rotatable bonds is 6. The van der Waals surface area contributed by atoms with Crippen molar-refractivity contribution < 1.29 is 23.2 Å². The number of fused-ring (bicyclic) bond motifs is 1. The maximum atomic E-state index is 13.7. The van der Waals surface area contributed by atoms with Crippen LogP contribution in [0.25, 0.3) is 11.4 Å². The van der Waals surface area contributed by atoms with Crippen molar-refractivity contribution in [1.29, 1.82) is 0 Å². The molecule has 156 valence electrons. The molecule has 1 N–H and O–H groups in total. The van der Waals surface area contributed by atoms with Crippen LogP contribution in [-0.4, -0.2) is 35.0 Å². The average molecular weight is 429 g/mol. The van der Waals surface area contributed by atoms with E-state index in [2.05, 4.69) is 15.5 Å². The first-order valence-corrected chi connectivity index (χ1v) is 10.6. The highest BCUT2D eigenvalue weighted by atomic mass is 32.2. The number of carbonyl (C=O) groups excluding carboxylic acids is 1. The summed E-state index contributed by atoms with van der Waals surface area (Å²) in [5, 5.41) is 6.72.